The summed E-state index contributed by atoms with van der Waals surface area (Å²) in [6.07, 6.45) is 34.6. The molecule has 4 aliphatic heterocycles. The van der Waals surface area contributed by atoms with Gasteiger partial charge in [0.05, 0.1) is 65.0 Å². The molecule has 0 unspecified atom stereocenters. The van der Waals surface area contributed by atoms with E-state index in [1.165, 1.54) is 60.3 Å². The summed E-state index contributed by atoms with van der Waals surface area (Å²) in [6, 6.07) is 54.6. The van der Waals surface area contributed by atoms with Gasteiger partial charge < -0.3 is 28.9 Å². The predicted octanol–water partition coefficient (Wildman–Crippen LogP) is 23.2. The van der Waals surface area contributed by atoms with Crippen LogP contribution in [0.5, 0.6) is 0 Å². The van der Waals surface area contributed by atoms with Crippen molar-refractivity contribution >= 4 is 107 Å². The fourth-order valence-electron chi connectivity index (χ4n) is 18.7. The third-order valence-corrected chi connectivity index (χ3v) is 42.7. The molecule has 149 heavy (non-hydrogen) atoms. The van der Waals surface area contributed by atoms with E-state index >= 15 is 0 Å². The number of nitrogens with zero attached hydrogens (tertiary/aromatic N) is 6. The molecule has 12 rings (SSSR count). The van der Waals surface area contributed by atoms with Crippen LogP contribution in [0, 0.1) is 5.92 Å². The van der Waals surface area contributed by atoms with Crippen LogP contribution in [0.3, 0.4) is 0 Å². The van der Waals surface area contributed by atoms with E-state index in [0.29, 0.717) is 103 Å². The Labute approximate surface area is 897 Å². The van der Waals surface area contributed by atoms with E-state index in [2.05, 4.69) is 122 Å². The lowest BCUT2D eigenvalue weighted by atomic mass is 9.94. The monoisotopic (exact) mass is 2150 g/mol. The van der Waals surface area contributed by atoms with Crippen molar-refractivity contribution in [1.82, 2.24) is 9.47 Å². The summed E-state index contributed by atoms with van der Waals surface area (Å²) in [5.74, 6) is 1.99. The summed E-state index contributed by atoms with van der Waals surface area (Å²) < 4.78 is 125. The first-order chi connectivity index (χ1) is 70.2. The predicted molar refractivity (Wildman–Crippen MR) is 615 cm³/mol. The Balaban J connectivity index is 0.000000227. The molecule has 0 spiro atoms. The molecule has 7 aromatic rings. The third-order valence-electron chi connectivity index (χ3n) is 29.3. The normalized spacial score (nSPS) is 15.4. The number of ether oxygens (including phenoxy) is 1. The summed E-state index contributed by atoms with van der Waals surface area (Å²) >= 11 is 0. The number of benzene rings is 6. The van der Waals surface area contributed by atoms with Gasteiger partial charge in [0.15, 0.2) is 49.2 Å². The fourth-order valence-corrected chi connectivity index (χ4v) is 24.7. The Morgan fingerprint density at radius 1 is 0.302 bits per heavy atom. The van der Waals surface area contributed by atoms with Gasteiger partial charge in [-0.2, -0.15) is 0 Å². The van der Waals surface area contributed by atoms with Crippen LogP contribution in [0.4, 0.5) is 22.7 Å². The standard InChI is InChI=1S/C27H44N2O3S.C26H35NO3S.C25H39NO5S.C22H33NO3S.C21H29NO3S/c1-27(2,3)33(31,32)21-9-5-8-12-26(30)22-23-13-15-25(16-14-23)29-19-17-28(18-20-29)24-10-6-4-7-11-24;1-26(2,3)31(29,30)18-8-4-5-11-25(28)19-21-12-14-24(15-13-21)27-17-16-22-9-6-7-10-23(22)20-27;1-5-31-24(28)21-14-16-26(17-15-21)22-12-10-20(11-13-22)19-23(27)9-7-6-8-18-32(29,30)25(2,3)4;1-22(2,3)27(25,26)17-9-4-6-10-21(24)18-19-11-13-20(14-12-19)23-15-7-5-8-16-23;1-21(2,3)26(24,25)16-8-4-5-9-20(23)17-18-10-12-19(13-11-18)22-14-6-7-15-22/h13-16,24H,4-12,17-22H2,1-3H3;6-7,9-10,12-15H,4-5,8,11,16-20H2,1-3H3;10-13,21H,5-9,14-19H2,1-4H3;5,7,11-14H,4,6,8-10,15-18H2,1-3H3;6-7,10-15H,4-5,8-9,16-17H2,1-3H3. The van der Waals surface area contributed by atoms with Gasteiger partial charge in [-0.1, -0.05) is 148 Å². The Bertz CT molecular complexity index is 5910. The SMILES string of the molecule is CC(C)(C)S(=O)(=O)CCCCCC(=O)Cc1ccc(-n2cccc2)cc1.CC(C)(C)S(=O)(=O)CCCCCC(=O)Cc1ccc(N2CC=CCC2)cc1.CC(C)(C)S(=O)(=O)CCCCCC(=O)Cc1ccc(N2CCN(C3CCCCC3)CC2)cc1.CC(C)(C)S(=O)(=O)CCCCCC(=O)Cc1ccc(N2CCc3ccccc3C2)cc1.CCOC(=O)C1CCN(c2ccc(CC(=O)CCCCCS(=O)(=O)C(C)(C)C)cc2)CC1. The van der Waals surface area contributed by atoms with E-state index < -0.39 is 72.9 Å². The number of esters is 1. The molecule has 1 aliphatic carbocycles. The van der Waals surface area contributed by atoms with Crippen molar-refractivity contribution in [3.63, 3.8) is 0 Å². The number of carbonyl (C=O) groups is 6. The molecule has 5 heterocycles. The van der Waals surface area contributed by atoms with Gasteiger partial charge >= 0.3 is 5.97 Å². The molecule has 3 fully saturated rings. The van der Waals surface area contributed by atoms with E-state index in [9.17, 15) is 70.9 Å². The number of piperazine rings is 1. The molecule has 2 saturated heterocycles. The van der Waals surface area contributed by atoms with Crippen molar-refractivity contribution in [2.75, 3.05) is 114 Å². The molecule has 0 bridgehead atoms. The molecule has 28 heteroatoms. The average Bonchev–Trinajstić information content (AvgIpc) is 0.902. The number of Topliss-reactive ketones (excluding diaryl/α,β-unsaturated/α-hetero) is 5. The van der Waals surface area contributed by atoms with Crippen LogP contribution >= 0.6 is 0 Å². The second-order valence-corrected chi connectivity index (χ2v) is 60.5. The van der Waals surface area contributed by atoms with Crippen LogP contribution in [-0.4, -0.2) is 210 Å². The number of sulfone groups is 5. The topological polar surface area (TPSA) is 303 Å². The largest absolute Gasteiger partial charge is 0.466 e. The zero-order valence-electron chi connectivity index (χ0n) is 93.0. The Morgan fingerprint density at radius 2 is 0.604 bits per heavy atom. The minimum Gasteiger partial charge on any atom is -0.466 e. The maximum absolute atomic E-state index is 12.4. The molecular formula is C121H180N6O17S5. The van der Waals surface area contributed by atoms with Gasteiger partial charge in [0.1, 0.15) is 28.9 Å². The quantitative estimate of drug-likeness (QED) is 0.0194. The van der Waals surface area contributed by atoms with Crippen LogP contribution in [0.15, 0.2) is 182 Å². The molecule has 0 atom stereocenters. The minimum absolute atomic E-state index is 0.00309. The first kappa shape index (κ1) is 125. The number of anilines is 4. The zero-order chi connectivity index (χ0) is 109. The van der Waals surface area contributed by atoms with Crippen LogP contribution < -0.4 is 19.6 Å². The fraction of sp³-hybridized carbons (Fsp3) is 0.603. The Hall–Kier alpha value is -8.93. The van der Waals surface area contributed by atoms with E-state index in [1.807, 2.05) is 96.7 Å². The van der Waals surface area contributed by atoms with Crippen LogP contribution in [0.25, 0.3) is 5.69 Å². The summed E-state index contributed by atoms with van der Waals surface area (Å²) in [5.41, 5.74) is 13.9. The van der Waals surface area contributed by atoms with Gasteiger partial charge in [0, 0.05) is 177 Å². The van der Waals surface area contributed by atoms with E-state index in [0.717, 1.165) is 201 Å². The summed E-state index contributed by atoms with van der Waals surface area (Å²) in [7, 11) is -15.3. The number of aromatic nitrogens is 1. The zero-order valence-corrected chi connectivity index (χ0v) is 97.1. The molecule has 5 aliphatic rings. The Morgan fingerprint density at radius 3 is 0.913 bits per heavy atom. The first-order valence-electron chi connectivity index (χ1n) is 55.1. The van der Waals surface area contributed by atoms with Crippen molar-refractivity contribution in [1.29, 1.82) is 0 Å². The number of fused-ring (bicyclic) bond motifs is 1. The number of unbranched alkanes of at least 4 members (excludes halogenated alkanes) is 10. The molecule has 1 aromatic heterocycles. The first-order valence-corrected chi connectivity index (χ1v) is 63.4. The van der Waals surface area contributed by atoms with E-state index in [-0.39, 0.29) is 69.6 Å². The van der Waals surface area contributed by atoms with Crippen molar-refractivity contribution in [2.24, 2.45) is 5.92 Å². The van der Waals surface area contributed by atoms with Crippen LogP contribution in [0.1, 0.15) is 330 Å². The van der Waals surface area contributed by atoms with E-state index in [4.69, 9.17) is 4.74 Å². The number of rotatable bonds is 48. The van der Waals surface area contributed by atoms with Gasteiger partial charge in [-0.15, -0.1) is 0 Å². The molecule has 6 aromatic carbocycles. The maximum Gasteiger partial charge on any atom is 0.309 e. The van der Waals surface area contributed by atoms with Gasteiger partial charge in [0.2, 0.25) is 0 Å². The molecule has 0 radical (unpaired) electrons. The molecular weight excluding hydrogens is 1970 g/mol. The lowest BCUT2D eigenvalue weighted by molar-refractivity contribution is -0.148. The number of ketones is 5. The highest BCUT2D eigenvalue weighted by atomic mass is 32.2. The third kappa shape index (κ3) is 43.5. The molecule has 23 nitrogen and oxygen atoms in total. The molecule has 0 amide bonds. The average molecular weight is 2150 g/mol. The highest BCUT2D eigenvalue weighted by Crippen LogP contribution is 2.33. The number of hydrogen-bond donors (Lipinski definition) is 0. The van der Waals surface area contributed by atoms with Gasteiger partial charge in [-0.25, -0.2) is 42.1 Å². The van der Waals surface area contributed by atoms with E-state index in [1.54, 1.807) is 104 Å². The van der Waals surface area contributed by atoms with Gasteiger partial charge in [0.25, 0.3) is 0 Å². The number of carbonyl (C=O) groups excluding carboxylic acids is 6. The summed E-state index contributed by atoms with van der Waals surface area (Å²) in [6.45, 7) is 38.3. The van der Waals surface area contributed by atoms with Crippen LogP contribution in [-0.2, 0) is 128 Å². The molecule has 1 saturated carbocycles. The second-order valence-electron chi connectivity index (χ2n) is 46.2. The van der Waals surface area contributed by atoms with Gasteiger partial charge in [-0.05, 0) is 325 Å². The van der Waals surface area contributed by atoms with Crippen molar-refractivity contribution < 1.29 is 75.6 Å². The van der Waals surface area contributed by atoms with Crippen molar-refractivity contribution in [3.8, 4) is 5.69 Å². The number of hydrogen-bond acceptors (Lipinski definition) is 22. The summed E-state index contributed by atoms with van der Waals surface area (Å²) in [5, 5.41) is 0. The Kier molecular flexibility index (Phi) is 50.5. The van der Waals surface area contributed by atoms with Gasteiger partial charge in [-0.3, -0.25) is 33.7 Å². The van der Waals surface area contributed by atoms with Crippen molar-refractivity contribution in [2.45, 2.75) is 365 Å². The summed E-state index contributed by atoms with van der Waals surface area (Å²) in [4.78, 5) is 85.3. The second kappa shape index (κ2) is 60.1. The maximum atomic E-state index is 12.4. The number of piperidine rings is 1. The minimum atomic E-state index is -3.08. The lowest BCUT2D eigenvalue weighted by Crippen LogP contribution is -2.50. The van der Waals surface area contributed by atoms with Crippen LogP contribution in [0.2, 0.25) is 0 Å². The highest BCUT2D eigenvalue weighted by Gasteiger charge is 2.35. The molecule has 0 N–H and O–H groups in total. The lowest BCUT2D eigenvalue weighted by Gasteiger charge is -2.41. The molecule has 826 valence electrons. The smallest absolute Gasteiger partial charge is 0.309 e. The highest BCUT2D eigenvalue weighted by molar-refractivity contribution is 7.93. The van der Waals surface area contributed by atoms with Crippen molar-refractivity contribution in [3.05, 3.63) is 221 Å².